The van der Waals surface area contributed by atoms with Gasteiger partial charge >= 0.3 is 0 Å². The molecule has 1 amide bonds. The first-order valence-corrected chi connectivity index (χ1v) is 5.04. The van der Waals surface area contributed by atoms with E-state index in [1.807, 2.05) is 6.92 Å². The zero-order valence-corrected chi connectivity index (χ0v) is 9.51. The zero-order valence-electron chi connectivity index (χ0n) is 9.51. The van der Waals surface area contributed by atoms with Crippen molar-refractivity contribution >= 4 is 11.7 Å². The number of carbonyl (C=O) groups is 1. The average Bonchev–Trinajstić information content (AvgIpc) is 2.33. The normalized spacial score (nSPS) is 9.44. The highest BCUT2D eigenvalue weighted by Gasteiger charge is 2.10. The van der Waals surface area contributed by atoms with Crippen molar-refractivity contribution in [2.45, 2.75) is 21.3 Å². The van der Waals surface area contributed by atoms with Crippen LogP contribution in [0.15, 0.2) is 24.8 Å². The van der Waals surface area contributed by atoms with Gasteiger partial charge in [0.2, 0.25) is 0 Å². The van der Waals surface area contributed by atoms with Crippen LogP contribution >= 0.6 is 0 Å². The number of anilines is 1. The van der Waals surface area contributed by atoms with E-state index >= 15 is 0 Å². The molecule has 0 aliphatic rings. The molecule has 0 fully saturated rings. The molecule has 0 spiro atoms. The van der Waals surface area contributed by atoms with Crippen LogP contribution in [-0.4, -0.2) is 25.8 Å². The summed E-state index contributed by atoms with van der Waals surface area (Å²) >= 11 is 0. The predicted octanol–water partition coefficient (Wildman–Crippen LogP) is 1.77. The summed E-state index contributed by atoms with van der Waals surface area (Å²) in [7, 11) is 0. The second-order valence-corrected chi connectivity index (χ2v) is 3.49. The van der Waals surface area contributed by atoms with E-state index in [4.69, 9.17) is 0 Å². The molecule has 0 saturated carbocycles. The monoisotopic (exact) mass is 245 g/mol. The maximum absolute atomic E-state index is 11.8. The minimum Gasteiger partial charge on any atom is -0.304 e. The van der Waals surface area contributed by atoms with Crippen LogP contribution in [0.25, 0.3) is 0 Å². The minimum absolute atomic E-state index is 0. The van der Waals surface area contributed by atoms with E-state index in [0.717, 1.165) is 5.69 Å². The van der Waals surface area contributed by atoms with Gasteiger partial charge in [0.1, 0.15) is 5.69 Å². The molecular weight excluding hydrogens is 230 g/mol. The summed E-state index contributed by atoms with van der Waals surface area (Å²) < 4.78 is 0. The van der Waals surface area contributed by atoms with E-state index in [1.165, 1.54) is 12.4 Å². The number of hydrogen-bond acceptors (Lipinski definition) is 5. The third kappa shape index (κ3) is 3.07. The van der Waals surface area contributed by atoms with Gasteiger partial charge in [0.15, 0.2) is 5.82 Å². The molecule has 2 rings (SSSR count). The lowest BCUT2D eigenvalue weighted by Crippen LogP contribution is -2.16. The van der Waals surface area contributed by atoms with E-state index < -0.39 is 0 Å². The first-order valence-electron chi connectivity index (χ1n) is 5.04. The van der Waals surface area contributed by atoms with Crippen LogP contribution < -0.4 is 5.32 Å². The van der Waals surface area contributed by atoms with Gasteiger partial charge in [-0.1, -0.05) is 7.43 Å². The molecule has 0 aliphatic carbocycles. The van der Waals surface area contributed by atoms with E-state index in [-0.39, 0.29) is 19.0 Å². The Labute approximate surface area is 106 Å². The number of aryl methyl sites for hydroxylation is 2. The van der Waals surface area contributed by atoms with E-state index in [2.05, 4.69) is 25.3 Å². The van der Waals surface area contributed by atoms with Gasteiger partial charge in [-0.3, -0.25) is 14.8 Å². The van der Waals surface area contributed by atoms with Crippen molar-refractivity contribution in [1.29, 1.82) is 0 Å². The molecule has 0 atom stereocenters. The lowest BCUT2D eigenvalue weighted by atomic mass is 10.3. The molecule has 2 aromatic rings. The van der Waals surface area contributed by atoms with Gasteiger partial charge in [0, 0.05) is 18.6 Å². The third-order valence-electron chi connectivity index (χ3n) is 2.13. The van der Waals surface area contributed by atoms with Crippen LogP contribution in [0.4, 0.5) is 5.82 Å². The molecule has 0 saturated heterocycles. The van der Waals surface area contributed by atoms with Crippen LogP contribution in [0.5, 0.6) is 0 Å². The van der Waals surface area contributed by atoms with Crippen LogP contribution in [-0.2, 0) is 0 Å². The summed E-state index contributed by atoms with van der Waals surface area (Å²) in [6, 6.07) is 0. The van der Waals surface area contributed by atoms with Gasteiger partial charge in [0.05, 0.1) is 17.6 Å². The molecule has 0 bridgehead atoms. The Kier molecular flexibility index (Phi) is 4.42. The van der Waals surface area contributed by atoms with E-state index in [1.54, 1.807) is 19.3 Å². The van der Waals surface area contributed by atoms with Gasteiger partial charge in [-0.15, -0.1) is 0 Å². The Balaban J connectivity index is 0.00000162. The first kappa shape index (κ1) is 13.7. The standard InChI is InChI=1S/C11H11N5O.CH4/c1-7-5-15-9(6-14-7)11(17)16-10-8(2)12-3-4-13-10;/h3-6H,1-2H3,(H,13,16,17);1H4. The molecule has 6 nitrogen and oxygen atoms in total. The molecule has 2 aromatic heterocycles. The topological polar surface area (TPSA) is 80.7 Å². The number of rotatable bonds is 2. The Hall–Kier alpha value is -2.37. The summed E-state index contributed by atoms with van der Waals surface area (Å²) in [6.45, 7) is 3.57. The highest BCUT2D eigenvalue weighted by molar-refractivity contribution is 6.02. The molecule has 6 heteroatoms. The van der Waals surface area contributed by atoms with Crippen LogP contribution in [0.3, 0.4) is 0 Å². The second-order valence-electron chi connectivity index (χ2n) is 3.49. The zero-order chi connectivity index (χ0) is 12.3. The second kappa shape index (κ2) is 5.81. The van der Waals surface area contributed by atoms with Crippen LogP contribution in [0.2, 0.25) is 0 Å². The van der Waals surface area contributed by atoms with Gasteiger partial charge in [-0.25, -0.2) is 9.97 Å². The van der Waals surface area contributed by atoms with Crippen molar-refractivity contribution < 1.29 is 4.79 Å². The lowest BCUT2D eigenvalue weighted by molar-refractivity contribution is 0.102. The van der Waals surface area contributed by atoms with Crippen LogP contribution in [0, 0.1) is 13.8 Å². The fourth-order valence-electron chi connectivity index (χ4n) is 1.21. The lowest BCUT2D eigenvalue weighted by Gasteiger charge is -2.05. The molecule has 0 aromatic carbocycles. The highest BCUT2D eigenvalue weighted by atomic mass is 16.1. The summed E-state index contributed by atoms with van der Waals surface area (Å²) in [6.07, 6.45) is 6.05. The fraction of sp³-hybridized carbons (Fsp3) is 0.250. The molecule has 18 heavy (non-hydrogen) atoms. The number of amides is 1. The van der Waals surface area contributed by atoms with Gasteiger partial charge in [-0.05, 0) is 13.8 Å². The highest BCUT2D eigenvalue weighted by Crippen LogP contribution is 2.07. The molecular formula is C12H15N5O. The Morgan fingerprint density at radius 1 is 1.06 bits per heavy atom. The fourth-order valence-corrected chi connectivity index (χ4v) is 1.21. The van der Waals surface area contributed by atoms with Gasteiger partial charge in [-0.2, -0.15) is 0 Å². The van der Waals surface area contributed by atoms with Crippen molar-refractivity contribution in [3.8, 4) is 0 Å². The first-order chi connectivity index (χ1) is 8.16. The molecule has 94 valence electrons. The van der Waals surface area contributed by atoms with Gasteiger partial charge in [0.25, 0.3) is 5.91 Å². The van der Waals surface area contributed by atoms with Crippen LogP contribution in [0.1, 0.15) is 29.3 Å². The Morgan fingerprint density at radius 3 is 2.39 bits per heavy atom. The Morgan fingerprint density at radius 2 is 1.78 bits per heavy atom. The largest absolute Gasteiger partial charge is 0.304 e. The number of aromatic nitrogens is 4. The quantitative estimate of drug-likeness (QED) is 0.872. The summed E-state index contributed by atoms with van der Waals surface area (Å²) in [5.74, 6) is 0.0842. The smallest absolute Gasteiger partial charge is 0.277 e. The predicted molar refractivity (Wildman–Crippen MR) is 68.2 cm³/mol. The van der Waals surface area contributed by atoms with Crippen molar-refractivity contribution in [3.05, 3.63) is 41.9 Å². The van der Waals surface area contributed by atoms with Crippen molar-refractivity contribution in [2.75, 3.05) is 5.32 Å². The van der Waals surface area contributed by atoms with E-state index in [9.17, 15) is 4.79 Å². The third-order valence-corrected chi connectivity index (χ3v) is 2.13. The van der Waals surface area contributed by atoms with Crippen molar-refractivity contribution in [1.82, 2.24) is 19.9 Å². The maximum atomic E-state index is 11.8. The summed E-state index contributed by atoms with van der Waals surface area (Å²) in [5.41, 5.74) is 1.67. The number of carbonyl (C=O) groups excluding carboxylic acids is 1. The number of nitrogens with one attached hydrogen (secondary N) is 1. The Bertz CT molecular complexity index is 538. The van der Waals surface area contributed by atoms with Gasteiger partial charge < -0.3 is 5.32 Å². The molecule has 1 N–H and O–H groups in total. The molecule has 0 radical (unpaired) electrons. The number of hydrogen-bond donors (Lipinski definition) is 1. The maximum Gasteiger partial charge on any atom is 0.277 e. The molecule has 2 heterocycles. The average molecular weight is 245 g/mol. The van der Waals surface area contributed by atoms with Crippen molar-refractivity contribution in [3.63, 3.8) is 0 Å². The minimum atomic E-state index is -0.346. The molecule has 0 aliphatic heterocycles. The summed E-state index contributed by atoms with van der Waals surface area (Å²) in [5, 5.41) is 2.63. The van der Waals surface area contributed by atoms with Crippen molar-refractivity contribution in [2.24, 2.45) is 0 Å². The molecule has 0 unspecified atom stereocenters. The summed E-state index contributed by atoms with van der Waals surface area (Å²) in [4.78, 5) is 27.8. The SMILES string of the molecule is C.Cc1cnc(C(=O)Nc2nccnc2C)cn1. The van der Waals surface area contributed by atoms with E-state index in [0.29, 0.717) is 11.5 Å². The number of nitrogens with zero attached hydrogens (tertiary/aromatic N) is 4.